The predicted molar refractivity (Wildman–Crippen MR) is 83.0 cm³/mol. The fraction of sp³-hybridized carbons (Fsp3) is 0.400. The van der Waals surface area contributed by atoms with E-state index in [9.17, 15) is 8.42 Å². The number of nitrogens with zero attached hydrogens (tertiary/aromatic N) is 2. The third-order valence-electron chi connectivity index (χ3n) is 3.34. The van der Waals surface area contributed by atoms with E-state index in [1.54, 1.807) is 18.2 Å². The number of aromatic nitrogens is 2. The molecule has 2 aromatic rings. The van der Waals surface area contributed by atoms with Gasteiger partial charge in [0, 0.05) is 24.6 Å². The lowest BCUT2D eigenvalue weighted by Gasteiger charge is -2.17. The Morgan fingerprint density at radius 2 is 2.05 bits per heavy atom. The molecule has 1 N–H and O–H groups in total. The van der Waals surface area contributed by atoms with Crippen molar-refractivity contribution in [3.05, 3.63) is 47.8 Å². The van der Waals surface area contributed by atoms with E-state index < -0.39 is 9.84 Å². The van der Waals surface area contributed by atoms with Gasteiger partial charge in [0.2, 0.25) is 0 Å². The Morgan fingerprint density at radius 1 is 1.29 bits per heavy atom. The monoisotopic (exact) mass is 307 g/mol. The fourth-order valence-electron chi connectivity index (χ4n) is 2.26. The Kier molecular flexibility index (Phi) is 4.80. The Bertz CT molecular complexity index is 707. The molecule has 0 aliphatic heterocycles. The van der Waals surface area contributed by atoms with Crippen molar-refractivity contribution in [1.82, 2.24) is 15.1 Å². The van der Waals surface area contributed by atoms with Crippen molar-refractivity contribution < 1.29 is 8.42 Å². The minimum atomic E-state index is -3.20. The molecule has 5 nitrogen and oxygen atoms in total. The summed E-state index contributed by atoms with van der Waals surface area (Å²) in [6.45, 7) is 5.65. The van der Waals surface area contributed by atoms with Gasteiger partial charge in [0.25, 0.3) is 0 Å². The summed E-state index contributed by atoms with van der Waals surface area (Å²) in [5, 5.41) is 7.68. The standard InChI is InChI=1S/C15H21N3O2S/c1-4-16-15(13-10-17-18(5-2)11-13)12-7-6-8-14(9-12)21(3,19)20/h6-11,15-16H,4-5H2,1-3H3. The Morgan fingerprint density at radius 3 is 2.62 bits per heavy atom. The van der Waals surface area contributed by atoms with Crippen LogP contribution in [0.5, 0.6) is 0 Å². The first-order valence-corrected chi connectivity index (χ1v) is 8.90. The Labute approximate surface area is 125 Å². The van der Waals surface area contributed by atoms with E-state index in [1.807, 2.05) is 37.0 Å². The molecule has 1 aromatic heterocycles. The molecule has 1 unspecified atom stereocenters. The first kappa shape index (κ1) is 15.7. The van der Waals surface area contributed by atoms with E-state index in [-0.39, 0.29) is 6.04 Å². The molecule has 0 amide bonds. The molecular formula is C15H21N3O2S. The molecule has 0 saturated carbocycles. The first-order valence-electron chi connectivity index (χ1n) is 7.01. The number of sulfone groups is 1. The summed E-state index contributed by atoms with van der Waals surface area (Å²) in [5.41, 5.74) is 1.96. The van der Waals surface area contributed by atoms with E-state index >= 15 is 0 Å². The number of nitrogens with one attached hydrogen (secondary N) is 1. The molecule has 2 rings (SSSR count). The predicted octanol–water partition coefficient (Wildman–Crippen LogP) is 2.01. The van der Waals surface area contributed by atoms with Gasteiger partial charge in [-0.2, -0.15) is 5.10 Å². The molecule has 0 aliphatic carbocycles. The summed E-state index contributed by atoms with van der Waals surface area (Å²) in [6, 6.07) is 7.01. The molecule has 0 aliphatic rings. The summed E-state index contributed by atoms with van der Waals surface area (Å²) < 4.78 is 25.3. The van der Waals surface area contributed by atoms with Crippen molar-refractivity contribution >= 4 is 9.84 Å². The second kappa shape index (κ2) is 6.41. The van der Waals surface area contributed by atoms with Gasteiger partial charge in [0.1, 0.15) is 0 Å². The maximum atomic E-state index is 11.7. The second-order valence-corrected chi connectivity index (χ2v) is 6.98. The number of aryl methyl sites for hydroxylation is 1. The number of hydrogen-bond acceptors (Lipinski definition) is 4. The zero-order chi connectivity index (χ0) is 15.5. The van der Waals surface area contributed by atoms with Crippen LogP contribution >= 0.6 is 0 Å². The molecule has 21 heavy (non-hydrogen) atoms. The molecular weight excluding hydrogens is 286 g/mol. The van der Waals surface area contributed by atoms with Crippen LogP contribution in [0.4, 0.5) is 0 Å². The topological polar surface area (TPSA) is 64.0 Å². The van der Waals surface area contributed by atoms with Crippen LogP contribution in [0.2, 0.25) is 0 Å². The lowest BCUT2D eigenvalue weighted by molar-refractivity contribution is 0.600. The van der Waals surface area contributed by atoms with E-state index in [0.717, 1.165) is 24.2 Å². The minimum absolute atomic E-state index is 0.0583. The van der Waals surface area contributed by atoms with Gasteiger partial charge in [-0.3, -0.25) is 4.68 Å². The second-order valence-electron chi connectivity index (χ2n) is 4.96. The van der Waals surface area contributed by atoms with Crippen molar-refractivity contribution in [1.29, 1.82) is 0 Å². The van der Waals surface area contributed by atoms with Gasteiger partial charge in [-0.1, -0.05) is 19.1 Å². The smallest absolute Gasteiger partial charge is 0.175 e. The van der Waals surface area contributed by atoms with Gasteiger partial charge in [-0.25, -0.2) is 8.42 Å². The normalized spacial score (nSPS) is 13.3. The molecule has 1 aromatic carbocycles. The largest absolute Gasteiger partial charge is 0.306 e. The average Bonchev–Trinajstić information content (AvgIpc) is 2.92. The van der Waals surface area contributed by atoms with Crippen molar-refractivity contribution in [2.75, 3.05) is 12.8 Å². The van der Waals surface area contributed by atoms with Crippen molar-refractivity contribution in [3.8, 4) is 0 Å². The molecule has 1 heterocycles. The highest BCUT2D eigenvalue weighted by atomic mass is 32.2. The van der Waals surface area contributed by atoms with Crippen LogP contribution in [0.3, 0.4) is 0 Å². The van der Waals surface area contributed by atoms with Crippen LogP contribution in [-0.2, 0) is 16.4 Å². The highest BCUT2D eigenvalue weighted by Crippen LogP contribution is 2.24. The molecule has 0 spiro atoms. The lowest BCUT2D eigenvalue weighted by atomic mass is 10.0. The third kappa shape index (κ3) is 3.71. The molecule has 114 valence electrons. The fourth-order valence-corrected chi connectivity index (χ4v) is 2.93. The number of benzene rings is 1. The van der Waals surface area contributed by atoms with Gasteiger partial charge in [-0.15, -0.1) is 0 Å². The highest BCUT2D eigenvalue weighted by molar-refractivity contribution is 7.90. The van der Waals surface area contributed by atoms with Crippen LogP contribution in [-0.4, -0.2) is 31.0 Å². The summed E-state index contributed by atoms with van der Waals surface area (Å²) in [7, 11) is -3.20. The minimum Gasteiger partial charge on any atom is -0.306 e. The average molecular weight is 307 g/mol. The van der Waals surface area contributed by atoms with E-state index in [2.05, 4.69) is 10.4 Å². The highest BCUT2D eigenvalue weighted by Gasteiger charge is 2.17. The van der Waals surface area contributed by atoms with Crippen molar-refractivity contribution in [2.24, 2.45) is 0 Å². The lowest BCUT2D eigenvalue weighted by Crippen LogP contribution is -2.21. The van der Waals surface area contributed by atoms with Crippen LogP contribution in [0, 0.1) is 0 Å². The Balaban J connectivity index is 2.43. The van der Waals surface area contributed by atoms with Crippen LogP contribution in [0.1, 0.15) is 31.0 Å². The SMILES string of the molecule is CCNC(c1cccc(S(C)(=O)=O)c1)c1cnn(CC)c1. The van der Waals surface area contributed by atoms with Gasteiger partial charge >= 0.3 is 0 Å². The van der Waals surface area contributed by atoms with Crippen molar-refractivity contribution in [2.45, 2.75) is 31.3 Å². The number of rotatable bonds is 6. The van der Waals surface area contributed by atoms with Gasteiger partial charge in [0.05, 0.1) is 17.1 Å². The Hall–Kier alpha value is -1.66. The first-order chi connectivity index (χ1) is 9.95. The van der Waals surface area contributed by atoms with Crippen LogP contribution in [0.15, 0.2) is 41.6 Å². The van der Waals surface area contributed by atoms with Gasteiger partial charge < -0.3 is 5.32 Å². The summed E-state index contributed by atoms with van der Waals surface area (Å²) in [4.78, 5) is 0.339. The van der Waals surface area contributed by atoms with E-state index in [1.165, 1.54) is 6.26 Å². The van der Waals surface area contributed by atoms with Gasteiger partial charge in [0.15, 0.2) is 9.84 Å². The molecule has 6 heteroatoms. The van der Waals surface area contributed by atoms with Crippen LogP contribution < -0.4 is 5.32 Å². The maximum absolute atomic E-state index is 11.7. The molecule has 0 saturated heterocycles. The molecule has 0 radical (unpaired) electrons. The molecule has 0 fully saturated rings. The summed E-state index contributed by atoms with van der Waals surface area (Å²) >= 11 is 0. The van der Waals surface area contributed by atoms with E-state index in [4.69, 9.17) is 0 Å². The maximum Gasteiger partial charge on any atom is 0.175 e. The van der Waals surface area contributed by atoms with Crippen molar-refractivity contribution in [3.63, 3.8) is 0 Å². The third-order valence-corrected chi connectivity index (χ3v) is 4.45. The van der Waals surface area contributed by atoms with Gasteiger partial charge in [-0.05, 0) is 31.2 Å². The summed E-state index contributed by atoms with van der Waals surface area (Å²) in [5.74, 6) is 0. The van der Waals surface area contributed by atoms with E-state index in [0.29, 0.717) is 4.90 Å². The summed E-state index contributed by atoms with van der Waals surface area (Å²) in [6.07, 6.45) is 5.04. The quantitative estimate of drug-likeness (QED) is 0.886. The zero-order valence-electron chi connectivity index (χ0n) is 12.6. The van der Waals surface area contributed by atoms with Crippen LogP contribution in [0.25, 0.3) is 0 Å². The zero-order valence-corrected chi connectivity index (χ0v) is 13.4. The number of hydrogen-bond donors (Lipinski definition) is 1. The molecule has 0 bridgehead atoms. The molecule has 1 atom stereocenters.